The fourth-order valence-electron chi connectivity index (χ4n) is 4.10. The summed E-state index contributed by atoms with van der Waals surface area (Å²) in [4.78, 5) is 36.7. The molecule has 3 rings (SSSR count). The number of hydrogen-bond acceptors (Lipinski definition) is 6. The predicted molar refractivity (Wildman–Crippen MR) is 88.4 cm³/mol. The zero-order valence-electron chi connectivity index (χ0n) is 14.9. The highest BCUT2D eigenvalue weighted by Crippen LogP contribution is 2.42. The van der Waals surface area contributed by atoms with Crippen LogP contribution in [0.1, 0.15) is 58.8 Å². The van der Waals surface area contributed by atoms with Gasteiger partial charge in [-0.3, -0.25) is 9.59 Å². The largest absolute Gasteiger partial charge is 0.459 e. The fraction of sp³-hybridized carbons (Fsp3) is 0.737. The van der Waals surface area contributed by atoms with Gasteiger partial charge in [0.25, 0.3) is 0 Å². The molecular formula is C19H26O6. The van der Waals surface area contributed by atoms with E-state index in [-0.39, 0.29) is 18.0 Å². The van der Waals surface area contributed by atoms with Crippen molar-refractivity contribution in [2.75, 3.05) is 0 Å². The number of esters is 3. The molecule has 0 spiro atoms. The zero-order valence-corrected chi connectivity index (χ0v) is 14.9. The van der Waals surface area contributed by atoms with Crippen molar-refractivity contribution in [2.45, 2.75) is 76.6 Å². The summed E-state index contributed by atoms with van der Waals surface area (Å²) in [6, 6.07) is 0. The molecule has 25 heavy (non-hydrogen) atoms. The zero-order chi connectivity index (χ0) is 18.2. The Hall–Kier alpha value is -1.85. The molecular weight excluding hydrogens is 324 g/mol. The molecule has 1 heterocycles. The Labute approximate surface area is 147 Å². The molecule has 3 aliphatic rings. The van der Waals surface area contributed by atoms with Crippen molar-refractivity contribution in [3.63, 3.8) is 0 Å². The number of rotatable bonds is 4. The molecule has 0 aromatic heterocycles. The minimum atomic E-state index is -0.622. The first-order valence-electron chi connectivity index (χ1n) is 9.09. The van der Waals surface area contributed by atoms with Gasteiger partial charge in [0.05, 0.1) is 11.8 Å². The summed E-state index contributed by atoms with van der Waals surface area (Å²) >= 11 is 0. The van der Waals surface area contributed by atoms with Gasteiger partial charge in [-0.25, -0.2) is 4.79 Å². The molecule has 2 aliphatic carbocycles. The van der Waals surface area contributed by atoms with Crippen LogP contribution < -0.4 is 0 Å². The summed E-state index contributed by atoms with van der Waals surface area (Å²) in [6.45, 7) is 7.08. The van der Waals surface area contributed by atoms with Crippen LogP contribution in [0.25, 0.3) is 0 Å². The molecule has 4 atom stereocenters. The Morgan fingerprint density at radius 2 is 1.88 bits per heavy atom. The molecule has 0 amide bonds. The van der Waals surface area contributed by atoms with Gasteiger partial charge in [-0.15, -0.1) is 0 Å². The topological polar surface area (TPSA) is 78.9 Å². The lowest BCUT2D eigenvalue weighted by Gasteiger charge is -2.36. The van der Waals surface area contributed by atoms with Crippen molar-refractivity contribution in [3.05, 3.63) is 12.2 Å². The van der Waals surface area contributed by atoms with E-state index in [1.54, 1.807) is 6.92 Å². The maximum absolute atomic E-state index is 12.8. The van der Waals surface area contributed by atoms with Gasteiger partial charge in [0.2, 0.25) is 0 Å². The van der Waals surface area contributed by atoms with Gasteiger partial charge >= 0.3 is 17.9 Å². The highest BCUT2D eigenvalue weighted by atomic mass is 16.6. The summed E-state index contributed by atoms with van der Waals surface area (Å²) in [5.41, 5.74) is -0.182. The van der Waals surface area contributed by atoms with E-state index in [9.17, 15) is 14.4 Å². The van der Waals surface area contributed by atoms with E-state index in [1.165, 1.54) is 0 Å². The minimum Gasteiger partial charge on any atom is -0.459 e. The van der Waals surface area contributed by atoms with E-state index in [1.807, 2.05) is 6.92 Å². The van der Waals surface area contributed by atoms with Gasteiger partial charge < -0.3 is 14.2 Å². The average Bonchev–Trinajstić information content (AvgIpc) is 2.87. The van der Waals surface area contributed by atoms with Crippen LogP contribution in [0.5, 0.6) is 0 Å². The molecule has 6 heteroatoms. The van der Waals surface area contributed by atoms with Crippen molar-refractivity contribution in [2.24, 2.45) is 11.8 Å². The lowest BCUT2D eigenvalue weighted by molar-refractivity contribution is -0.173. The van der Waals surface area contributed by atoms with Crippen molar-refractivity contribution in [3.8, 4) is 0 Å². The number of carbonyl (C=O) groups excluding carboxylic acids is 3. The molecule has 4 unspecified atom stereocenters. The lowest BCUT2D eigenvalue weighted by atomic mass is 9.78. The van der Waals surface area contributed by atoms with E-state index in [4.69, 9.17) is 14.2 Å². The third-order valence-electron chi connectivity index (χ3n) is 5.61. The second kappa shape index (κ2) is 6.81. The van der Waals surface area contributed by atoms with Crippen LogP contribution in [0.15, 0.2) is 12.2 Å². The van der Waals surface area contributed by atoms with Crippen molar-refractivity contribution in [1.82, 2.24) is 0 Å². The highest BCUT2D eigenvalue weighted by Gasteiger charge is 2.54. The van der Waals surface area contributed by atoms with Crippen LogP contribution >= 0.6 is 0 Å². The number of fused-ring (bicyclic) bond motifs is 2. The monoisotopic (exact) mass is 350 g/mol. The molecule has 0 radical (unpaired) electrons. The molecule has 2 bridgehead atoms. The quantitative estimate of drug-likeness (QED) is 0.441. The summed E-state index contributed by atoms with van der Waals surface area (Å²) in [5.74, 6) is -2.41. The molecule has 0 N–H and O–H groups in total. The van der Waals surface area contributed by atoms with Crippen LogP contribution in [0.2, 0.25) is 0 Å². The Kier molecular flexibility index (Phi) is 4.89. The first-order valence-corrected chi connectivity index (χ1v) is 9.09. The summed E-state index contributed by atoms with van der Waals surface area (Å²) in [6.07, 6.45) is 4.49. The summed E-state index contributed by atoms with van der Waals surface area (Å²) in [5, 5.41) is 0. The van der Waals surface area contributed by atoms with Crippen LogP contribution in [-0.2, 0) is 28.6 Å². The highest BCUT2D eigenvalue weighted by molar-refractivity contribution is 5.88. The molecule has 0 aromatic carbocycles. The molecule has 0 aromatic rings. The van der Waals surface area contributed by atoms with Crippen molar-refractivity contribution >= 4 is 17.9 Å². The van der Waals surface area contributed by atoms with Gasteiger partial charge in [0.15, 0.2) is 0 Å². The first kappa shape index (κ1) is 18.0. The third-order valence-corrected chi connectivity index (χ3v) is 5.61. The van der Waals surface area contributed by atoms with Gasteiger partial charge in [-0.2, -0.15) is 0 Å². The van der Waals surface area contributed by atoms with Crippen LogP contribution in [-0.4, -0.2) is 35.7 Å². The third kappa shape index (κ3) is 3.72. The standard InChI is InChI=1S/C19H26O6/c1-11(2)16(20)23-14-10-13(12-9-15(14)24-17(12)21)18(22)25-19(3)7-5-4-6-8-19/h12-15H,1,4-10H2,2-3H3. The van der Waals surface area contributed by atoms with Gasteiger partial charge in [-0.1, -0.05) is 13.0 Å². The Balaban J connectivity index is 1.70. The summed E-state index contributed by atoms with van der Waals surface area (Å²) < 4.78 is 16.5. The van der Waals surface area contributed by atoms with E-state index in [2.05, 4.69) is 6.58 Å². The van der Waals surface area contributed by atoms with Gasteiger partial charge in [0.1, 0.15) is 17.8 Å². The van der Waals surface area contributed by atoms with E-state index in [0.717, 1.165) is 32.1 Å². The summed E-state index contributed by atoms with van der Waals surface area (Å²) in [7, 11) is 0. The van der Waals surface area contributed by atoms with E-state index < -0.39 is 41.6 Å². The van der Waals surface area contributed by atoms with Crippen LogP contribution in [0.4, 0.5) is 0 Å². The minimum absolute atomic E-state index is 0.259. The second-order valence-electron chi connectivity index (χ2n) is 7.82. The lowest BCUT2D eigenvalue weighted by Crippen LogP contribution is -2.44. The predicted octanol–water partition coefficient (Wildman–Crippen LogP) is 2.69. The van der Waals surface area contributed by atoms with Crippen molar-refractivity contribution in [1.29, 1.82) is 0 Å². The molecule has 3 fully saturated rings. The SMILES string of the molecule is C=C(C)C(=O)OC1CC(C(=O)OC2(C)CCCCC2)C2CC1OC2=O. The first-order chi connectivity index (χ1) is 11.8. The Bertz CT molecular complexity index is 589. The molecule has 6 nitrogen and oxygen atoms in total. The number of hydrogen-bond donors (Lipinski definition) is 0. The average molecular weight is 350 g/mol. The second-order valence-corrected chi connectivity index (χ2v) is 7.82. The maximum Gasteiger partial charge on any atom is 0.333 e. The maximum atomic E-state index is 12.8. The van der Waals surface area contributed by atoms with Crippen molar-refractivity contribution < 1.29 is 28.6 Å². The molecule has 138 valence electrons. The molecule has 1 aliphatic heterocycles. The number of ether oxygens (including phenoxy) is 3. The van der Waals surface area contributed by atoms with Crippen LogP contribution in [0.3, 0.4) is 0 Å². The Morgan fingerprint density at radius 3 is 2.52 bits per heavy atom. The smallest absolute Gasteiger partial charge is 0.333 e. The van der Waals surface area contributed by atoms with Crippen LogP contribution in [0, 0.1) is 11.8 Å². The van der Waals surface area contributed by atoms with E-state index >= 15 is 0 Å². The molecule has 1 saturated heterocycles. The normalized spacial score (nSPS) is 33.3. The fourth-order valence-corrected chi connectivity index (χ4v) is 4.10. The molecule has 2 saturated carbocycles. The van der Waals surface area contributed by atoms with Gasteiger partial charge in [0, 0.05) is 18.4 Å². The van der Waals surface area contributed by atoms with E-state index in [0.29, 0.717) is 6.42 Å². The number of carbonyl (C=O) groups is 3. The Morgan fingerprint density at radius 1 is 1.20 bits per heavy atom. The van der Waals surface area contributed by atoms with Gasteiger partial charge in [-0.05, 0) is 39.5 Å².